The average Bonchev–Trinajstić information content (AvgIpc) is 2.98. The molecular weight excluding hydrogens is 376 g/mol. The van der Waals surface area contributed by atoms with E-state index >= 15 is 0 Å². The summed E-state index contributed by atoms with van der Waals surface area (Å²) in [5.41, 5.74) is 1.04. The molecule has 0 bridgehead atoms. The van der Waals surface area contributed by atoms with Crippen LogP contribution in [0.25, 0.3) is 0 Å². The van der Waals surface area contributed by atoms with Crippen LogP contribution in [0.5, 0.6) is 0 Å². The van der Waals surface area contributed by atoms with E-state index in [1.807, 2.05) is 6.92 Å². The second-order valence-corrected chi connectivity index (χ2v) is 6.89. The summed E-state index contributed by atoms with van der Waals surface area (Å²) in [7, 11) is 0. The van der Waals surface area contributed by atoms with Gasteiger partial charge < -0.3 is 4.74 Å². The maximum absolute atomic E-state index is 12.8. The summed E-state index contributed by atoms with van der Waals surface area (Å²) in [6.07, 6.45) is 0.560. The zero-order chi connectivity index (χ0) is 21.1. The van der Waals surface area contributed by atoms with E-state index in [1.165, 1.54) is 24.3 Å². The fraction of sp³-hybridized carbons (Fsp3) is 0.286. The molecule has 0 radical (unpaired) electrons. The molecule has 0 fully saturated rings. The van der Waals surface area contributed by atoms with Gasteiger partial charge in [-0.3, -0.25) is 24.6 Å². The van der Waals surface area contributed by atoms with Crippen LogP contribution in [0.4, 0.5) is 5.69 Å². The first kappa shape index (κ1) is 20.2. The Morgan fingerprint density at radius 1 is 1.07 bits per heavy atom. The van der Waals surface area contributed by atoms with Crippen LogP contribution in [0.15, 0.2) is 48.5 Å². The van der Waals surface area contributed by atoms with Crippen molar-refractivity contribution in [1.82, 2.24) is 4.90 Å². The number of ether oxygens (including phenoxy) is 1. The summed E-state index contributed by atoms with van der Waals surface area (Å²) in [6.45, 7) is 3.52. The molecule has 2 atom stereocenters. The molecule has 0 N–H and O–H groups in total. The summed E-state index contributed by atoms with van der Waals surface area (Å²) < 4.78 is 5.37. The second-order valence-electron chi connectivity index (χ2n) is 6.89. The fourth-order valence-electron chi connectivity index (χ4n) is 3.23. The highest BCUT2D eigenvalue weighted by Gasteiger charge is 2.45. The number of fused-ring (bicyclic) bond motifs is 1. The smallest absolute Gasteiger partial charge is 0.329 e. The van der Waals surface area contributed by atoms with E-state index in [1.54, 1.807) is 31.2 Å². The molecule has 150 valence electrons. The number of esters is 1. The molecule has 0 spiro atoms. The number of nitro groups is 1. The number of carbonyl (C=O) groups excluding carboxylic acids is 3. The SMILES string of the molecule is CC[C@H](C)[C@@H](C(=O)OCc1ccc([N+](=O)[O-])cc1)N1C(=O)c2ccccc2C1=O. The largest absolute Gasteiger partial charge is 0.459 e. The zero-order valence-corrected chi connectivity index (χ0v) is 16.0. The monoisotopic (exact) mass is 396 g/mol. The van der Waals surface area contributed by atoms with E-state index in [2.05, 4.69) is 0 Å². The standard InChI is InChI=1S/C21H20N2O6/c1-3-13(2)18(22-19(24)16-6-4-5-7-17(16)20(22)25)21(26)29-12-14-8-10-15(11-9-14)23(27)28/h4-11,13,18H,3,12H2,1-2H3/t13-,18-/m0/s1. The number of nitro benzene ring substituents is 1. The van der Waals surface area contributed by atoms with Crippen molar-refractivity contribution in [3.8, 4) is 0 Å². The van der Waals surface area contributed by atoms with Crippen LogP contribution in [0.3, 0.4) is 0 Å². The molecule has 1 aliphatic heterocycles. The van der Waals surface area contributed by atoms with Gasteiger partial charge in [-0.05, 0) is 35.7 Å². The zero-order valence-electron chi connectivity index (χ0n) is 16.0. The van der Waals surface area contributed by atoms with Crippen molar-refractivity contribution in [3.63, 3.8) is 0 Å². The summed E-state index contributed by atoms with van der Waals surface area (Å²) in [5.74, 6) is -2.01. The predicted molar refractivity (Wildman–Crippen MR) is 103 cm³/mol. The van der Waals surface area contributed by atoms with Gasteiger partial charge in [-0.25, -0.2) is 4.79 Å². The van der Waals surface area contributed by atoms with E-state index in [4.69, 9.17) is 4.74 Å². The number of imide groups is 1. The number of carbonyl (C=O) groups is 3. The van der Waals surface area contributed by atoms with E-state index in [9.17, 15) is 24.5 Å². The van der Waals surface area contributed by atoms with Gasteiger partial charge in [-0.1, -0.05) is 32.4 Å². The molecule has 29 heavy (non-hydrogen) atoms. The average molecular weight is 396 g/mol. The first-order chi connectivity index (χ1) is 13.8. The number of nitrogens with zero attached hydrogens (tertiary/aromatic N) is 2. The van der Waals surface area contributed by atoms with Gasteiger partial charge >= 0.3 is 5.97 Å². The molecule has 0 saturated heterocycles. The lowest BCUT2D eigenvalue weighted by atomic mass is 9.97. The Bertz CT molecular complexity index is 934. The van der Waals surface area contributed by atoms with Gasteiger partial charge in [0.25, 0.3) is 17.5 Å². The third-order valence-corrected chi connectivity index (χ3v) is 5.06. The number of rotatable bonds is 7. The van der Waals surface area contributed by atoms with Crippen LogP contribution in [-0.2, 0) is 16.1 Å². The molecule has 2 amide bonds. The minimum atomic E-state index is -1.05. The lowest BCUT2D eigenvalue weighted by Gasteiger charge is -2.28. The van der Waals surface area contributed by atoms with Crippen LogP contribution in [0.2, 0.25) is 0 Å². The first-order valence-corrected chi connectivity index (χ1v) is 9.22. The highest BCUT2D eigenvalue weighted by molar-refractivity contribution is 6.22. The lowest BCUT2D eigenvalue weighted by Crippen LogP contribution is -2.49. The number of benzene rings is 2. The van der Waals surface area contributed by atoms with Gasteiger partial charge in [-0.2, -0.15) is 0 Å². The van der Waals surface area contributed by atoms with Crippen LogP contribution in [0, 0.1) is 16.0 Å². The van der Waals surface area contributed by atoms with Gasteiger partial charge in [0.1, 0.15) is 12.6 Å². The molecule has 0 unspecified atom stereocenters. The Kier molecular flexibility index (Phi) is 5.72. The molecule has 2 aromatic rings. The van der Waals surface area contributed by atoms with Crippen molar-refractivity contribution in [1.29, 1.82) is 0 Å². The molecule has 8 heteroatoms. The molecule has 1 heterocycles. The lowest BCUT2D eigenvalue weighted by molar-refractivity contribution is -0.384. The molecule has 0 aliphatic carbocycles. The third-order valence-electron chi connectivity index (χ3n) is 5.06. The quantitative estimate of drug-likeness (QED) is 0.307. The second kappa shape index (κ2) is 8.22. The van der Waals surface area contributed by atoms with Gasteiger partial charge in [0, 0.05) is 12.1 Å². The van der Waals surface area contributed by atoms with Crippen LogP contribution < -0.4 is 0 Å². The van der Waals surface area contributed by atoms with Gasteiger partial charge in [-0.15, -0.1) is 0 Å². The molecule has 8 nitrogen and oxygen atoms in total. The highest BCUT2D eigenvalue weighted by atomic mass is 16.6. The van der Waals surface area contributed by atoms with Crippen molar-refractivity contribution in [2.45, 2.75) is 32.9 Å². The fourth-order valence-corrected chi connectivity index (χ4v) is 3.23. The van der Waals surface area contributed by atoms with Crippen molar-refractivity contribution >= 4 is 23.5 Å². The Morgan fingerprint density at radius 3 is 2.10 bits per heavy atom. The minimum Gasteiger partial charge on any atom is -0.459 e. The van der Waals surface area contributed by atoms with Gasteiger partial charge in [0.15, 0.2) is 0 Å². The van der Waals surface area contributed by atoms with Crippen LogP contribution in [-0.4, -0.2) is 33.6 Å². The van der Waals surface area contributed by atoms with Crippen molar-refractivity contribution < 1.29 is 24.0 Å². The molecule has 0 aromatic heterocycles. The van der Waals surface area contributed by atoms with Crippen molar-refractivity contribution in [3.05, 3.63) is 75.3 Å². The maximum atomic E-state index is 12.8. The molecular formula is C21H20N2O6. The van der Waals surface area contributed by atoms with Gasteiger partial charge in [0.05, 0.1) is 16.1 Å². The Hall–Kier alpha value is -3.55. The normalized spacial score (nSPS) is 15.0. The number of amides is 2. The van der Waals surface area contributed by atoms with E-state index in [-0.39, 0.29) is 29.3 Å². The number of non-ortho nitro benzene ring substituents is 1. The number of hydrogen-bond donors (Lipinski definition) is 0. The summed E-state index contributed by atoms with van der Waals surface area (Å²) >= 11 is 0. The Balaban J connectivity index is 1.79. The van der Waals surface area contributed by atoms with Crippen molar-refractivity contribution in [2.24, 2.45) is 5.92 Å². The van der Waals surface area contributed by atoms with E-state index in [0.29, 0.717) is 12.0 Å². The van der Waals surface area contributed by atoms with E-state index in [0.717, 1.165) is 4.90 Å². The summed E-state index contributed by atoms with van der Waals surface area (Å²) in [6, 6.07) is 11.0. The summed E-state index contributed by atoms with van der Waals surface area (Å²) in [4.78, 5) is 49.6. The van der Waals surface area contributed by atoms with E-state index < -0.39 is 28.7 Å². The molecule has 3 rings (SSSR count). The molecule has 0 saturated carbocycles. The maximum Gasteiger partial charge on any atom is 0.329 e. The Morgan fingerprint density at radius 2 is 1.62 bits per heavy atom. The van der Waals surface area contributed by atoms with Crippen LogP contribution in [0.1, 0.15) is 46.5 Å². The molecule has 2 aromatic carbocycles. The Labute approximate surface area is 167 Å². The number of hydrogen-bond acceptors (Lipinski definition) is 6. The van der Waals surface area contributed by atoms with Gasteiger partial charge in [0.2, 0.25) is 0 Å². The topological polar surface area (TPSA) is 107 Å². The molecule has 1 aliphatic rings. The first-order valence-electron chi connectivity index (χ1n) is 9.22. The van der Waals surface area contributed by atoms with Crippen LogP contribution >= 0.6 is 0 Å². The summed E-state index contributed by atoms with van der Waals surface area (Å²) in [5, 5.41) is 10.7. The highest BCUT2D eigenvalue weighted by Crippen LogP contribution is 2.29. The van der Waals surface area contributed by atoms with Crippen molar-refractivity contribution in [2.75, 3.05) is 0 Å². The predicted octanol–water partition coefficient (Wildman–Crippen LogP) is 3.35. The third kappa shape index (κ3) is 3.87. The minimum absolute atomic E-state index is 0.0661.